The zero-order valence-corrected chi connectivity index (χ0v) is 16.2. The summed E-state index contributed by atoms with van der Waals surface area (Å²) >= 11 is 10.3. The van der Waals surface area contributed by atoms with E-state index >= 15 is 0 Å². The fraction of sp³-hybridized carbons (Fsp3) is 0. The minimum Gasteiger partial charge on any atom is -0.268 e. The largest absolute Gasteiger partial charge is 0.270 e. The summed E-state index contributed by atoms with van der Waals surface area (Å²) < 4.78 is 1.57. The highest BCUT2D eigenvalue weighted by Gasteiger charge is 2.34. The number of rotatable bonds is 2. The van der Waals surface area contributed by atoms with Gasteiger partial charge in [-0.15, -0.1) is 0 Å². The number of halogens is 1. The third-order valence-corrected chi connectivity index (χ3v) is 5.80. The molecule has 25 heavy (non-hydrogen) atoms. The van der Waals surface area contributed by atoms with Crippen LogP contribution in [0.4, 0.5) is 5.69 Å². The Bertz CT molecular complexity index is 1020. The molecule has 0 atom stereocenters. The number of fused-ring (bicyclic) bond motifs is 1. The number of thioether (sulfide) groups is 1. The molecule has 0 aliphatic carbocycles. The summed E-state index contributed by atoms with van der Waals surface area (Å²) in [5.74, 6) is -0.0747. The molecule has 4 rings (SSSR count). The van der Waals surface area contributed by atoms with Gasteiger partial charge in [-0.3, -0.25) is 9.69 Å². The van der Waals surface area contributed by atoms with E-state index in [-0.39, 0.29) is 5.91 Å². The number of carbonyl (C=O) groups excluding carboxylic acids is 1. The highest BCUT2D eigenvalue weighted by Crippen LogP contribution is 2.38. The van der Waals surface area contributed by atoms with Crippen LogP contribution in [0.2, 0.25) is 0 Å². The molecule has 0 bridgehead atoms. The highest BCUT2D eigenvalue weighted by molar-refractivity contribution is 9.10. The normalized spacial score (nSPS) is 16.2. The van der Waals surface area contributed by atoms with Crippen LogP contribution in [0.25, 0.3) is 16.8 Å². The molecule has 3 aromatic rings. The molecule has 1 amide bonds. The third-order valence-electron chi connectivity index (χ3n) is 3.97. The van der Waals surface area contributed by atoms with Gasteiger partial charge in [0.2, 0.25) is 0 Å². The monoisotopic (exact) mass is 425 g/mol. The van der Waals surface area contributed by atoms with Gasteiger partial charge in [0, 0.05) is 9.86 Å². The minimum atomic E-state index is -0.0747. The van der Waals surface area contributed by atoms with Gasteiger partial charge in [-0.25, -0.2) is 0 Å². The first-order chi connectivity index (χ1) is 12.1. The maximum Gasteiger partial charge on any atom is 0.270 e. The van der Waals surface area contributed by atoms with Gasteiger partial charge in [0.1, 0.15) is 0 Å². The second-order valence-electron chi connectivity index (χ2n) is 5.57. The van der Waals surface area contributed by atoms with Gasteiger partial charge >= 0.3 is 0 Å². The Morgan fingerprint density at radius 2 is 1.68 bits per heavy atom. The van der Waals surface area contributed by atoms with E-state index in [2.05, 4.69) is 15.9 Å². The Kier molecular flexibility index (Phi) is 4.46. The number of thiocarbonyl (C=S) groups is 1. The summed E-state index contributed by atoms with van der Waals surface area (Å²) in [5, 5.41) is 2.11. The summed E-state index contributed by atoms with van der Waals surface area (Å²) in [7, 11) is 0. The standard InChI is InChI=1S/C20H12BrNOS2/c21-15-10-8-13(9-11-15)12-18-19(23)22(20(24)25-18)17-7-3-5-14-4-1-2-6-16(14)17/h1-12H/b18-12+. The molecule has 0 radical (unpaired) electrons. The van der Waals surface area contributed by atoms with Crippen LogP contribution >= 0.6 is 39.9 Å². The lowest BCUT2D eigenvalue weighted by Gasteiger charge is -2.17. The molecule has 1 fully saturated rings. The first-order valence-electron chi connectivity index (χ1n) is 7.65. The van der Waals surface area contributed by atoms with Crippen LogP contribution in [0.3, 0.4) is 0 Å². The van der Waals surface area contributed by atoms with Crippen LogP contribution in [0.15, 0.2) is 76.1 Å². The van der Waals surface area contributed by atoms with Gasteiger partial charge in [-0.1, -0.05) is 88.4 Å². The van der Waals surface area contributed by atoms with Crippen molar-refractivity contribution >= 4 is 72.7 Å². The molecular weight excluding hydrogens is 414 g/mol. The Morgan fingerprint density at radius 1 is 0.960 bits per heavy atom. The fourth-order valence-corrected chi connectivity index (χ4v) is 4.34. The van der Waals surface area contributed by atoms with E-state index in [1.165, 1.54) is 11.8 Å². The van der Waals surface area contributed by atoms with Gasteiger partial charge in [-0.05, 0) is 35.2 Å². The third kappa shape index (κ3) is 3.15. The molecular formula is C20H12BrNOS2. The van der Waals surface area contributed by atoms with E-state index in [0.717, 1.165) is 26.5 Å². The number of hydrogen-bond donors (Lipinski definition) is 0. The van der Waals surface area contributed by atoms with E-state index in [9.17, 15) is 4.79 Å². The molecule has 0 unspecified atom stereocenters. The van der Waals surface area contributed by atoms with E-state index in [0.29, 0.717) is 9.23 Å². The number of benzene rings is 3. The lowest BCUT2D eigenvalue weighted by atomic mass is 10.1. The van der Waals surface area contributed by atoms with Gasteiger partial charge < -0.3 is 0 Å². The van der Waals surface area contributed by atoms with Crippen molar-refractivity contribution in [3.05, 3.63) is 81.7 Å². The Morgan fingerprint density at radius 3 is 2.48 bits per heavy atom. The summed E-state index contributed by atoms with van der Waals surface area (Å²) in [4.78, 5) is 15.2. The van der Waals surface area contributed by atoms with E-state index in [1.807, 2.05) is 72.8 Å². The first kappa shape index (κ1) is 16.5. The van der Waals surface area contributed by atoms with Gasteiger partial charge in [0.25, 0.3) is 5.91 Å². The van der Waals surface area contributed by atoms with Crippen molar-refractivity contribution in [3.63, 3.8) is 0 Å². The maximum absolute atomic E-state index is 13.0. The molecule has 3 aromatic carbocycles. The molecule has 0 spiro atoms. The zero-order chi connectivity index (χ0) is 17.4. The van der Waals surface area contributed by atoms with Crippen molar-refractivity contribution in [3.8, 4) is 0 Å². The van der Waals surface area contributed by atoms with Crippen LogP contribution < -0.4 is 4.90 Å². The van der Waals surface area contributed by atoms with Crippen molar-refractivity contribution in [1.82, 2.24) is 0 Å². The number of amides is 1. The van der Waals surface area contributed by atoms with E-state index < -0.39 is 0 Å². The number of carbonyl (C=O) groups is 1. The van der Waals surface area contributed by atoms with Crippen molar-refractivity contribution in [1.29, 1.82) is 0 Å². The summed E-state index contributed by atoms with van der Waals surface area (Å²) in [6.07, 6.45) is 1.89. The van der Waals surface area contributed by atoms with Gasteiger partial charge in [0.15, 0.2) is 4.32 Å². The number of hydrogen-bond acceptors (Lipinski definition) is 3. The second kappa shape index (κ2) is 6.75. The van der Waals surface area contributed by atoms with E-state index in [1.54, 1.807) is 4.90 Å². The summed E-state index contributed by atoms with van der Waals surface area (Å²) in [6, 6.07) is 21.8. The minimum absolute atomic E-state index is 0.0747. The van der Waals surface area contributed by atoms with Crippen molar-refractivity contribution in [2.45, 2.75) is 0 Å². The topological polar surface area (TPSA) is 20.3 Å². The molecule has 1 aliphatic heterocycles. The van der Waals surface area contributed by atoms with Crippen LogP contribution in [0, 0.1) is 0 Å². The van der Waals surface area contributed by atoms with Crippen LogP contribution in [0.1, 0.15) is 5.56 Å². The molecule has 1 heterocycles. The number of nitrogens with zero attached hydrogens (tertiary/aromatic N) is 1. The van der Waals surface area contributed by atoms with Crippen LogP contribution in [-0.2, 0) is 4.79 Å². The molecule has 5 heteroatoms. The lowest BCUT2D eigenvalue weighted by molar-refractivity contribution is -0.113. The number of anilines is 1. The van der Waals surface area contributed by atoms with Crippen molar-refractivity contribution < 1.29 is 4.79 Å². The quantitative estimate of drug-likeness (QED) is 0.370. The van der Waals surface area contributed by atoms with Crippen LogP contribution in [-0.4, -0.2) is 10.2 Å². The molecule has 0 N–H and O–H groups in total. The maximum atomic E-state index is 13.0. The van der Waals surface area contributed by atoms with Crippen LogP contribution in [0.5, 0.6) is 0 Å². The van der Waals surface area contributed by atoms with Crippen molar-refractivity contribution in [2.24, 2.45) is 0 Å². The predicted octanol–water partition coefficient (Wildman–Crippen LogP) is 6.01. The van der Waals surface area contributed by atoms with Gasteiger partial charge in [-0.2, -0.15) is 0 Å². The van der Waals surface area contributed by atoms with Gasteiger partial charge in [0.05, 0.1) is 10.6 Å². The molecule has 0 aromatic heterocycles. The average Bonchev–Trinajstić information content (AvgIpc) is 2.90. The highest BCUT2D eigenvalue weighted by atomic mass is 79.9. The molecule has 0 saturated carbocycles. The Balaban J connectivity index is 1.75. The smallest absolute Gasteiger partial charge is 0.268 e. The SMILES string of the molecule is O=C1/C(=C\c2ccc(Br)cc2)SC(=S)N1c1cccc2ccccc12. The molecule has 1 saturated heterocycles. The zero-order valence-electron chi connectivity index (χ0n) is 13.0. The molecule has 2 nitrogen and oxygen atoms in total. The molecule has 122 valence electrons. The Hall–Kier alpha value is -1.95. The fourth-order valence-electron chi connectivity index (χ4n) is 2.79. The summed E-state index contributed by atoms with van der Waals surface area (Å²) in [5.41, 5.74) is 1.81. The average molecular weight is 426 g/mol. The van der Waals surface area contributed by atoms with Crippen molar-refractivity contribution in [2.75, 3.05) is 4.90 Å². The Labute approximate surface area is 163 Å². The summed E-state index contributed by atoms with van der Waals surface area (Å²) in [6.45, 7) is 0. The second-order valence-corrected chi connectivity index (χ2v) is 8.16. The first-order valence-corrected chi connectivity index (χ1v) is 9.66. The van der Waals surface area contributed by atoms with E-state index in [4.69, 9.17) is 12.2 Å². The molecule has 1 aliphatic rings. The predicted molar refractivity (Wildman–Crippen MR) is 114 cm³/mol. The lowest BCUT2D eigenvalue weighted by Crippen LogP contribution is -2.27.